The third-order valence-corrected chi connectivity index (χ3v) is 4.29. The van der Waals surface area contributed by atoms with Gasteiger partial charge in [-0.05, 0) is 31.2 Å². The number of nitrogens with zero attached hydrogens (tertiary/aromatic N) is 4. The first kappa shape index (κ1) is 16.7. The average Bonchev–Trinajstić information content (AvgIpc) is 3.15. The minimum Gasteiger partial charge on any atom is -0.339 e. The first-order valence-electron chi connectivity index (χ1n) is 8.66. The summed E-state index contributed by atoms with van der Waals surface area (Å²) in [6, 6.07) is 1.54. The highest BCUT2D eigenvalue weighted by Gasteiger charge is 2.32. The smallest absolute Gasteiger partial charge is 0.270 e. The highest BCUT2D eigenvalue weighted by molar-refractivity contribution is 5.92. The van der Waals surface area contributed by atoms with Crippen molar-refractivity contribution in [3.8, 4) is 0 Å². The van der Waals surface area contributed by atoms with Crippen LogP contribution in [0.3, 0.4) is 0 Å². The number of hydrogen-bond donors (Lipinski definition) is 1. The van der Waals surface area contributed by atoms with E-state index in [9.17, 15) is 4.79 Å². The van der Waals surface area contributed by atoms with E-state index in [-0.39, 0.29) is 17.9 Å². The van der Waals surface area contributed by atoms with Crippen molar-refractivity contribution in [3.05, 3.63) is 29.2 Å². The van der Waals surface area contributed by atoms with E-state index >= 15 is 0 Å². The third kappa shape index (κ3) is 3.49. The van der Waals surface area contributed by atoms with Gasteiger partial charge in [-0.15, -0.1) is 0 Å². The van der Waals surface area contributed by atoms with Crippen LogP contribution >= 0.6 is 0 Å². The Labute approximate surface area is 141 Å². The molecule has 2 heterocycles. The summed E-state index contributed by atoms with van der Waals surface area (Å²) in [5, 5.41) is 11.5. The molecule has 0 aromatic carbocycles. The van der Waals surface area contributed by atoms with Crippen LogP contribution in [0.15, 0.2) is 10.6 Å². The molecular weight excluding hydrogens is 306 g/mol. The van der Waals surface area contributed by atoms with Gasteiger partial charge in [0.2, 0.25) is 5.89 Å². The Morgan fingerprint density at radius 1 is 1.46 bits per heavy atom. The number of carbonyl (C=O) groups excluding carboxylic acids is 1. The molecule has 7 heteroatoms. The van der Waals surface area contributed by atoms with Crippen molar-refractivity contribution in [3.63, 3.8) is 0 Å². The van der Waals surface area contributed by atoms with Gasteiger partial charge < -0.3 is 9.84 Å². The van der Waals surface area contributed by atoms with Crippen molar-refractivity contribution < 1.29 is 9.32 Å². The Morgan fingerprint density at radius 3 is 2.83 bits per heavy atom. The third-order valence-electron chi connectivity index (χ3n) is 4.29. The van der Waals surface area contributed by atoms with E-state index in [1.807, 2.05) is 19.9 Å². The molecule has 1 saturated carbocycles. The number of aryl methyl sites for hydroxylation is 2. The fraction of sp³-hybridized carbons (Fsp3) is 0.647. The van der Waals surface area contributed by atoms with Gasteiger partial charge in [-0.3, -0.25) is 9.48 Å². The van der Waals surface area contributed by atoms with Crippen LogP contribution in [0, 0.1) is 5.92 Å². The minimum atomic E-state index is -0.304. The van der Waals surface area contributed by atoms with E-state index in [1.165, 1.54) is 0 Å². The van der Waals surface area contributed by atoms with Gasteiger partial charge in [-0.2, -0.15) is 10.1 Å². The molecule has 2 aromatic rings. The highest BCUT2D eigenvalue weighted by atomic mass is 16.5. The molecule has 0 saturated heterocycles. The lowest BCUT2D eigenvalue weighted by molar-refractivity contribution is 0.0904. The molecule has 1 amide bonds. The van der Waals surface area contributed by atoms with Crippen molar-refractivity contribution in [1.82, 2.24) is 25.2 Å². The average molecular weight is 331 g/mol. The summed E-state index contributed by atoms with van der Waals surface area (Å²) in [6.07, 6.45) is 4.10. The molecule has 1 fully saturated rings. The molecule has 24 heavy (non-hydrogen) atoms. The van der Waals surface area contributed by atoms with E-state index in [0.717, 1.165) is 37.2 Å². The summed E-state index contributed by atoms with van der Waals surface area (Å²) in [5.74, 6) is 1.65. The number of amides is 1. The SMILES string of the molecule is CCCc1cc(C(=O)N[C@@H](c2nc(C3CC3)no2)C(C)C)n(C)n1. The molecule has 1 N–H and O–H groups in total. The molecule has 1 aliphatic carbocycles. The van der Waals surface area contributed by atoms with Crippen LogP contribution in [0.5, 0.6) is 0 Å². The van der Waals surface area contributed by atoms with Gasteiger partial charge in [0.25, 0.3) is 5.91 Å². The zero-order valence-corrected chi connectivity index (χ0v) is 14.7. The molecule has 2 aromatic heterocycles. The van der Waals surface area contributed by atoms with E-state index in [0.29, 0.717) is 17.5 Å². The summed E-state index contributed by atoms with van der Waals surface area (Å²) in [7, 11) is 1.79. The molecule has 1 aliphatic rings. The second-order valence-electron chi connectivity index (χ2n) is 6.85. The first-order valence-corrected chi connectivity index (χ1v) is 8.66. The van der Waals surface area contributed by atoms with Crippen molar-refractivity contribution >= 4 is 5.91 Å². The van der Waals surface area contributed by atoms with E-state index in [2.05, 4.69) is 27.5 Å². The Kier molecular flexibility index (Phi) is 4.69. The molecule has 0 bridgehead atoms. The van der Waals surface area contributed by atoms with Crippen LogP contribution in [0.1, 0.15) is 79.9 Å². The Bertz CT molecular complexity index is 714. The van der Waals surface area contributed by atoms with Gasteiger partial charge in [0.05, 0.1) is 5.69 Å². The van der Waals surface area contributed by atoms with Crippen LogP contribution < -0.4 is 5.32 Å². The number of hydrogen-bond acceptors (Lipinski definition) is 5. The Morgan fingerprint density at radius 2 is 2.21 bits per heavy atom. The maximum Gasteiger partial charge on any atom is 0.270 e. The number of rotatable bonds is 7. The summed E-state index contributed by atoms with van der Waals surface area (Å²) in [6.45, 7) is 6.14. The maximum absolute atomic E-state index is 12.7. The van der Waals surface area contributed by atoms with E-state index < -0.39 is 0 Å². The van der Waals surface area contributed by atoms with Crippen LogP contribution in [0.2, 0.25) is 0 Å². The molecule has 130 valence electrons. The number of carbonyl (C=O) groups is 1. The number of nitrogens with one attached hydrogen (secondary N) is 1. The predicted molar refractivity (Wildman–Crippen MR) is 88.5 cm³/mol. The molecule has 3 rings (SSSR count). The van der Waals surface area contributed by atoms with Crippen molar-refractivity contribution in [2.45, 2.75) is 58.4 Å². The molecule has 1 atom stereocenters. The largest absolute Gasteiger partial charge is 0.339 e. The van der Waals surface area contributed by atoms with Crippen LogP contribution in [0.25, 0.3) is 0 Å². The van der Waals surface area contributed by atoms with Gasteiger partial charge in [0, 0.05) is 13.0 Å². The predicted octanol–water partition coefficient (Wildman–Crippen LogP) is 2.76. The van der Waals surface area contributed by atoms with Gasteiger partial charge in [0.1, 0.15) is 11.7 Å². The van der Waals surface area contributed by atoms with Crippen molar-refractivity contribution in [2.75, 3.05) is 0 Å². The topological polar surface area (TPSA) is 85.8 Å². The lowest BCUT2D eigenvalue weighted by Crippen LogP contribution is -2.33. The van der Waals surface area contributed by atoms with Crippen LogP contribution in [-0.4, -0.2) is 25.8 Å². The quantitative estimate of drug-likeness (QED) is 0.843. The van der Waals surface area contributed by atoms with Crippen molar-refractivity contribution in [2.24, 2.45) is 13.0 Å². The molecule has 0 spiro atoms. The van der Waals surface area contributed by atoms with Crippen LogP contribution in [-0.2, 0) is 13.5 Å². The fourth-order valence-corrected chi connectivity index (χ4v) is 2.73. The summed E-state index contributed by atoms with van der Waals surface area (Å²) in [5.41, 5.74) is 1.48. The van der Waals surface area contributed by atoms with Gasteiger partial charge in [-0.1, -0.05) is 32.3 Å². The second-order valence-corrected chi connectivity index (χ2v) is 6.85. The maximum atomic E-state index is 12.7. The van der Waals surface area contributed by atoms with E-state index in [4.69, 9.17) is 4.52 Å². The Hall–Kier alpha value is -2.18. The summed E-state index contributed by atoms with van der Waals surface area (Å²) >= 11 is 0. The monoisotopic (exact) mass is 331 g/mol. The second kappa shape index (κ2) is 6.75. The Balaban J connectivity index is 1.76. The van der Waals surface area contributed by atoms with Gasteiger partial charge in [-0.25, -0.2) is 0 Å². The van der Waals surface area contributed by atoms with E-state index in [1.54, 1.807) is 11.7 Å². The highest BCUT2D eigenvalue weighted by Crippen LogP contribution is 2.38. The lowest BCUT2D eigenvalue weighted by Gasteiger charge is -2.18. The standard InChI is InChI=1S/C17H25N5O2/c1-5-6-12-9-13(22(4)20-12)16(23)18-14(10(2)3)17-19-15(21-24-17)11-7-8-11/h9-11,14H,5-8H2,1-4H3,(H,18,23)/t14-/m1/s1. The first-order chi connectivity index (χ1) is 11.5. The molecule has 0 unspecified atom stereocenters. The molecular formula is C17H25N5O2. The zero-order valence-electron chi connectivity index (χ0n) is 14.7. The van der Waals surface area contributed by atoms with Gasteiger partial charge in [0.15, 0.2) is 5.82 Å². The molecule has 0 aliphatic heterocycles. The number of aromatic nitrogens is 4. The van der Waals surface area contributed by atoms with Crippen molar-refractivity contribution in [1.29, 1.82) is 0 Å². The molecule has 7 nitrogen and oxygen atoms in total. The normalized spacial score (nSPS) is 15.7. The molecule has 0 radical (unpaired) electrons. The minimum absolute atomic E-state index is 0.143. The summed E-state index contributed by atoms with van der Waals surface area (Å²) in [4.78, 5) is 17.1. The fourth-order valence-electron chi connectivity index (χ4n) is 2.73. The van der Waals surface area contributed by atoms with Gasteiger partial charge >= 0.3 is 0 Å². The lowest BCUT2D eigenvalue weighted by atomic mass is 10.0. The van der Waals surface area contributed by atoms with Crippen LogP contribution in [0.4, 0.5) is 0 Å². The zero-order chi connectivity index (χ0) is 17.3. The summed E-state index contributed by atoms with van der Waals surface area (Å²) < 4.78 is 7.03.